The molecule has 2 aromatic heterocycles. The number of pyridine rings is 1. The molecule has 5 rings (SSSR count). The van der Waals surface area contributed by atoms with Gasteiger partial charge in [0, 0.05) is 31.6 Å². The van der Waals surface area contributed by atoms with Gasteiger partial charge in [0.15, 0.2) is 5.76 Å². The van der Waals surface area contributed by atoms with Crippen LogP contribution in [0.5, 0.6) is 0 Å². The third-order valence-electron chi connectivity index (χ3n) is 6.46. The Morgan fingerprint density at radius 1 is 1.24 bits per heavy atom. The number of aromatic nitrogens is 1. The van der Waals surface area contributed by atoms with Crippen LogP contribution in [0, 0.1) is 15.9 Å². The number of halogens is 1. The second-order valence-electron chi connectivity index (χ2n) is 8.67. The molecule has 1 unspecified atom stereocenters. The van der Waals surface area contributed by atoms with E-state index in [9.17, 15) is 34.4 Å². The first kappa shape index (κ1) is 25.3. The number of furan rings is 1. The summed E-state index contributed by atoms with van der Waals surface area (Å²) in [5.41, 5.74) is -0.418. The van der Waals surface area contributed by atoms with Crippen molar-refractivity contribution in [3.63, 3.8) is 0 Å². The lowest BCUT2D eigenvalue weighted by Crippen LogP contribution is -2.51. The maximum absolute atomic E-state index is 15.1. The standard InChI is InChI=1S/C23H20FN5O8S/c1-11-28-14-9-15(13(24)8-12(14)20(31)19(23(33)34)22(28)38-11)26-4-6-27(7-5-26)17(30)10-25-21(32)16-2-3-18(37-16)29(35)36/h2-3,8-9,11H,4-7,10H2,1H3,(H,25,32)(H,33,34). The van der Waals surface area contributed by atoms with Crippen molar-refractivity contribution in [1.82, 2.24) is 14.8 Å². The molecule has 13 nitrogen and oxygen atoms in total. The Bertz CT molecular complexity index is 1580. The number of nitrogens with zero attached hydrogens (tertiary/aromatic N) is 4. The summed E-state index contributed by atoms with van der Waals surface area (Å²) in [5.74, 6) is -4.07. The van der Waals surface area contributed by atoms with Gasteiger partial charge in [-0.3, -0.25) is 24.5 Å². The number of carboxylic acid groups (broad SMARTS) is 1. The molecule has 2 aliphatic rings. The number of fused-ring (bicyclic) bond motifs is 3. The third-order valence-corrected chi connectivity index (χ3v) is 7.63. The maximum atomic E-state index is 15.1. The predicted octanol–water partition coefficient (Wildman–Crippen LogP) is 2.04. The van der Waals surface area contributed by atoms with E-state index in [0.29, 0.717) is 10.5 Å². The van der Waals surface area contributed by atoms with Crippen molar-refractivity contribution in [2.75, 3.05) is 37.6 Å². The lowest BCUT2D eigenvalue weighted by Gasteiger charge is -2.37. The fourth-order valence-electron chi connectivity index (χ4n) is 4.57. The summed E-state index contributed by atoms with van der Waals surface area (Å²) in [6.07, 6.45) is 0. The number of rotatable bonds is 6. The Balaban J connectivity index is 1.27. The average molecular weight is 546 g/mol. The van der Waals surface area contributed by atoms with Crippen LogP contribution in [0.15, 0.2) is 38.5 Å². The fraction of sp³-hybridized carbons (Fsp3) is 0.304. The first-order valence-electron chi connectivity index (χ1n) is 11.4. The molecule has 4 heterocycles. The molecule has 15 heteroatoms. The lowest BCUT2D eigenvalue weighted by atomic mass is 10.1. The number of nitrogens with one attached hydrogen (secondary N) is 1. The number of aromatic carboxylic acids is 1. The maximum Gasteiger partial charge on any atom is 0.433 e. The summed E-state index contributed by atoms with van der Waals surface area (Å²) in [6.45, 7) is 2.53. The van der Waals surface area contributed by atoms with Gasteiger partial charge in [-0.25, -0.2) is 9.18 Å². The number of piperazine rings is 1. The number of thioether (sulfide) groups is 1. The third kappa shape index (κ3) is 4.23. The van der Waals surface area contributed by atoms with E-state index in [1.807, 2.05) is 6.92 Å². The fourth-order valence-corrected chi connectivity index (χ4v) is 5.72. The molecule has 1 saturated heterocycles. The van der Waals surface area contributed by atoms with E-state index < -0.39 is 39.8 Å². The first-order chi connectivity index (χ1) is 18.1. The van der Waals surface area contributed by atoms with Crippen molar-refractivity contribution < 1.29 is 33.2 Å². The van der Waals surface area contributed by atoms with Gasteiger partial charge in [-0.1, -0.05) is 11.8 Å². The molecule has 1 aromatic carbocycles. The molecular weight excluding hydrogens is 525 g/mol. The number of carbonyl (C=O) groups excluding carboxylic acids is 2. The Kier molecular flexibility index (Phi) is 6.30. The summed E-state index contributed by atoms with van der Waals surface area (Å²) in [7, 11) is 0. The molecular formula is C23H20FN5O8S. The van der Waals surface area contributed by atoms with Gasteiger partial charge < -0.3 is 29.2 Å². The molecule has 38 heavy (non-hydrogen) atoms. The van der Waals surface area contributed by atoms with Gasteiger partial charge in [0.05, 0.1) is 34.2 Å². The number of hydrogen-bond acceptors (Lipinski definition) is 9. The van der Waals surface area contributed by atoms with Crippen molar-refractivity contribution in [3.8, 4) is 0 Å². The van der Waals surface area contributed by atoms with Gasteiger partial charge in [-0.05, 0) is 25.1 Å². The summed E-state index contributed by atoms with van der Waals surface area (Å²) in [6, 6.07) is 4.78. The van der Waals surface area contributed by atoms with E-state index in [2.05, 4.69) is 5.32 Å². The van der Waals surface area contributed by atoms with Crippen LogP contribution in [-0.2, 0) is 4.79 Å². The molecule has 2 aliphatic heterocycles. The van der Waals surface area contributed by atoms with E-state index in [1.165, 1.54) is 22.7 Å². The summed E-state index contributed by atoms with van der Waals surface area (Å²) in [5, 5.41) is 22.7. The molecule has 198 valence electrons. The minimum atomic E-state index is -1.35. The molecule has 0 bridgehead atoms. The number of anilines is 1. The second-order valence-corrected chi connectivity index (χ2v) is 9.97. The predicted molar refractivity (Wildman–Crippen MR) is 132 cm³/mol. The summed E-state index contributed by atoms with van der Waals surface area (Å²) >= 11 is 1.26. The van der Waals surface area contributed by atoms with Crippen LogP contribution in [0.1, 0.15) is 33.2 Å². The van der Waals surface area contributed by atoms with Gasteiger partial charge in [0.25, 0.3) is 5.91 Å². The SMILES string of the molecule is CC1Sc2c(C(=O)O)c(=O)c3cc(F)c(N4CCN(C(=O)CNC(=O)c5ccc([N+](=O)[O-])o5)CC4)cc3n21. The number of carboxylic acids is 1. The quantitative estimate of drug-likeness (QED) is 0.345. The monoisotopic (exact) mass is 545 g/mol. The Morgan fingerprint density at radius 3 is 2.55 bits per heavy atom. The number of hydrogen-bond donors (Lipinski definition) is 2. The molecule has 1 atom stereocenters. The molecule has 0 spiro atoms. The largest absolute Gasteiger partial charge is 0.477 e. The Hall–Kier alpha value is -4.40. The van der Waals surface area contributed by atoms with Crippen LogP contribution in [0.25, 0.3) is 10.9 Å². The van der Waals surface area contributed by atoms with Gasteiger partial charge >= 0.3 is 11.9 Å². The molecule has 1 fully saturated rings. The topological polar surface area (TPSA) is 168 Å². The van der Waals surface area contributed by atoms with Crippen LogP contribution in [0.2, 0.25) is 0 Å². The molecule has 0 radical (unpaired) electrons. The van der Waals surface area contributed by atoms with Crippen molar-refractivity contribution >= 4 is 52.0 Å². The zero-order chi connectivity index (χ0) is 27.3. The van der Waals surface area contributed by atoms with Crippen LogP contribution < -0.4 is 15.6 Å². The van der Waals surface area contributed by atoms with E-state index in [0.717, 1.165) is 18.2 Å². The average Bonchev–Trinajstić information content (AvgIpc) is 3.38. The minimum Gasteiger partial charge on any atom is -0.477 e. The first-order valence-corrected chi connectivity index (χ1v) is 12.3. The zero-order valence-electron chi connectivity index (χ0n) is 19.8. The van der Waals surface area contributed by atoms with Gasteiger partial charge in [-0.2, -0.15) is 0 Å². The highest BCUT2D eigenvalue weighted by Gasteiger charge is 2.34. The summed E-state index contributed by atoms with van der Waals surface area (Å²) < 4.78 is 21.6. The molecule has 3 aromatic rings. The Labute approximate surface area is 216 Å². The molecule has 0 saturated carbocycles. The highest BCUT2D eigenvalue weighted by atomic mass is 32.2. The highest BCUT2D eigenvalue weighted by molar-refractivity contribution is 8.00. The number of benzene rings is 1. The summed E-state index contributed by atoms with van der Waals surface area (Å²) in [4.78, 5) is 62.2. The number of nitro groups is 1. The van der Waals surface area contributed by atoms with Gasteiger partial charge in [0.2, 0.25) is 11.3 Å². The van der Waals surface area contributed by atoms with Crippen molar-refractivity contribution in [2.45, 2.75) is 17.3 Å². The number of carbonyl (C=O) groups is 3. The van der Waals surface area contributed by atoms with E-state index in [-0.39, 0.29) is 60.5 Å². The van der Waals surface area contributed by atoms with Gasteiger partial charge in [0.1, 0.15) is 16.3 Å². The Morgan fingerprint density at radius 2 is 1.95 bits per heavy atom. The lowest BCUT2D eigenvalue weighted by molar-refractivity contribution is -0.402. The molecule has 2 N–H and O–H groups in total. The number of amides is 2. The zero-order valence-corrected chi connectivity index (χ0v) is 20.6. The van der Waals surface area contributed by atoms with Crippen molar-refractivity contribution in [3.05, 3.63) is 61.7 Å². The minimum absolute atomic E-state index is 0.00834. The van der Waals surface area contributed by atoms with Crippen molar-refractivity contribution in [1.29, 1.82) is 0 Å². The normalized spacial score (nSPS) is 16.6. The van der Waals surface area contributed by atoms with Crippen LogP contribution in [0.4, 0.5) is 16.0 Å². The van der Waals surface area contributed by atoms with Crippen LogP contribution in [0.3, 0.4) is 0 Å². The van der Waals surface area contributed by atoms with Crippen molar-refractivity contribution in [2.24, 2.45) is 0 Å². The van der Waals surface area contributed by atoms with E-state index in [1.54, 1.807) is 9.47 Å². The van der Waals surface area contributed by atoms with Gasteiger partial charge in [-0.15, -0.1) is 0 Å². The van der Waals surface area contributed by atoms with E-state index >= 15 is 4.39 Å². The highest BCUT2D eigenvalue weighted by Crippen LogP contribution is 2.46. The van der Waals surface area contributed by atoms with E-state index in [4.69, 9.17) is 4.42 Å². The molecule has 0 aliphatic carbocycles. The smallest absolute Gasteiger partial charge is 0.433 e. The molecule has 2 amide bonds. The second kappa shape index (κ2) is 9.48. The van der Waals surface area contributed by atoms with Crippen LogP contribution >= 0.6 is 11.8 Å². The van der Waals surface area contributed by atoms with Crippen LogP contribution in [-0.4, -0.2) is 70.0 Å².